The molecule has 1 aliphatic rings. The monoisotopic (exact) mass is 412 g/mol. The van der Waals surface area contributed by atoms with Crippen molar-refractivity contribution in [1.82, 2.24) is 10.6 Å². The molecule has 2 unspecified atom stereocenters. The van der Waals surface area contributed by atoms with Gasteiger partial charge >= 0.3 is 0 Å². The average Bonchev–Trinajstić information content (AvgIpc) is 2.70. The summed E-state index contributed by atoms with van der Waals surface area (Å²) in [5.74, 6) is -0.352. The fraction of sp³-hybridized carbons (Fsp3) is 0.857. The highest BCUT2D eigenvalue weighted by Gasteiger charge is 2.30. The Morgan fingerprint density at radius 3 is 2.28 bits per heavy atom. The molecule has 0 bridgehead atoms. The van der Waals surface area contributed by atoms with Gasteiger partial charge in [0, 0.05) is 12.8 Å². The van der Waals surface area contributed by atoms with Gasteiger partial charge in [0.2, 0.25) is 11.8 Å². The smallest absolute Gasteiger partial charge is 0.245 e. The Bertz CT molecular complexity index is 521. The van der Waals surface area contributed by atoms with Gasteiger partial charge in [0.15, 0.2) is 5.78 Å². The lowest BCUT2D eigenvalue weighted by atomic mass is 9.82. The predicted molar refractivity (Wildman–Crippen MR) is 113 cm³/mol. The standard InChI is InChI=1S/C21H40N4O4/c1-3-18(27)17(9-10-22)24-21(29)20(14(2)26)25-19(28)12-16(13-23)11-15-7-5-4-6-8-15/h14-17,20,26H,3-13,22-23H2,1-2H3,(H,24,29)(H,25,28)/t14?,16?,17-,20-/m0/s1. The number of amides is 2. The average molecular weight is 413 g/mol. The van der Waals surface area contributed by atoms with Crippen molar-refractivity contribution in [3.05, 3.63) is 0 Å². The Labute approximate surface area is 174 Å². The molecule has 8 nitrogen and oxygen atoms in total. The van der Waals surface area contributed by atoms with Crippen LogP contribution in [0.4, 0.5) is 0 Å². The number of nitrogens with two attached hydrogens (primary N) is 2. The fourth-order valence-corrected chi connectivity index (χ4v) is 4.05. The zero-order valence-electron chi connectivity index (χ0n) is 18.0. The first-order chi connectivity index (χ1) is 13.8. The first-order valence-corrected chi connectivity index (χ1v) is 11.0. The lowest BCUT2D eigenvalue weighted by Crippen LogP contribution is -2.56. The van der Waals surface area contributed by atoms with Gasteiger partial charge in [-0.25, -0.2) is 0 Å². The summed E-state index contributed by atoms with van der Waals surface area (Å²) in [4.78, 5) is 37.1. The Hall–Kier alpha value is -1.51. The molecule has 0 aromatic rings. The summed E-state index contributed by atoms with van der Waals surface area (Å²) >= 11 is 0. The maximum atomic E-state index is 12.6. The molecule has 2 amide bonds. The molecular weight excluding hydrogens is 372 g/mol. The number of ketones is 1. The molecule has 29 heavy (non-hydrogen) atoms. The number of aliphatic hydroxyl groups excluding tert-OH is 1. The quantitative estimate of drug-likeness (QED) is 0.299. The van der Waals surface area contributed by atoms with Gasteiger partial charge in [0.25, 0.3) is 0 Å². The minimum atomic E-state index is -1.12. The molecule has 0 saturated heterocycles. The van der Waals surface area contributed by atoms with E-state index < -0.39 is 24.1 Å². The van der Waals surface area contributed by atoms with E-state index in [0.29, 0.717) is 18.9 Å². The van der Waals surface area contributed by atoms with Gasteiger partial charge in [0.1, 0.15) is 6.04 Å². The summed E-state index contributed by atoms with van der Waals surface area (Å²) in [6, 6.07) is -1.83. The minimum Gasteiger partial charge on any atom is -0.391 e. The molecule has 0 aliphatic heterocycles. The van der Waals surface area contributed by atoms with Crippen LogP contribution in [-0.4, -0.2) is 54.0 Å². The Balaban J connectivity index is 2.64. The fourth-order valence-electron chi connectivity index (χ4n) is 4.05. The zero-order valence-corrected chi connectivity index (χ0v) is 18.0. The van der Waals surface area contributed by atoms with E-state index in [1.54, 1.807) is 6.92 Å². The molecule has 7 N–H and O–H groups in total. The topological polar surface area (TPSA) is 148 Å². The highest BCUT2D eigenvalue weighted by Crippen LogP contribution is 2.29. The van der Waals surface area contributed by atoms with E-state index in [4.69, 9.17) is 11.5 Å². The largest absolute Gasteiger partial charge is 0.391 e. The van der Waals surface area contributed by atoms with Crippen LogP contribution in [-0.2, 0) is 14.4 Å². The molecule has 0 heterocycles. The van der Waals surface area contributed by atoms with Crippen molar-refractivity contribution < 1.29 is 19.5 Å². The molecule has 8 heteroatoms. The second kappa shape index (κ2) is 13.7. The number of carbonyl (C=O) groups is 3. The van der Waals surface area contributed by atoms with Gasteiger partial charge in [-0.1, -0.05) is 39.0 Å². The van der Waals surface area contributed by atoms with Gasteiger partial charge < -0.3 is 27.2 Å². The number of rotatable bonds is 13. The summed E-state index contributed by atoms with van der Waals surface area (Å²) in [7, 11) is 0. The Morgan fingerprint density at radius 1 is 1.10 bits per heavy atom. The zero-order chi connectivity index (χ0) is 21.8. The SMILES string of the molecule is CCC(=O)[C@H](CCN)NC(=O)[C@@H](NC(=O)CC(CN)CC1CCCCC1)C(C)O. The number of hydrogen-bond donors (Lipinski definition) is 5. The van der Waals surface area contributed by atoms with Crippen LogP contribution in [0.15, 0.2) is 0 Å². The van der Waals surface area contributed by atoms with E-state index in [2.05, 4.69) is 10.6 Å². The van der Waals surface area contributed by atoms with Gasteiger partial charge in [0.05, 0.1) is 12.1 Å². The lowest BCUT2D eigenvalue weighted by Gasteiger charge is -2.27. The lowest BCUT2D eigenvalue weighted by molar-refractivity contribution is -0.134. The van der Waals surface area contributed by atoms with Crippen LogP contribution in [0.5, 0.6) is 0 Å². The maximum absolute atomic E-state index is 12.6. The second-order valence-electron chi connectivity index (χ2n) is 8.29. The number of hydrogen-bond acceptors (Lipinski definition) is 6. The third-order valence-electron chi connectivity index (χ3n) is 5.79. The molecule has 0 aromatic carbocycles. The molecule has 168 valence electrons. The molecule has 0 aromatic heterocycles. The summed E-state index contributed by atoms with van der Waals surface area (Å²) in [5, 5.41) is 15.3. The van der Waals surface area contributed by atoms with Crippen LogP contribution >= 0.6 is 0 Å². The molecule has 4 atom stereocenters. The van der Waals surface area contributed by atoms with E-state index >= 15 is 0 Å². The van der Waals surface area contributed by atoms with Crippen LogP contribution in [0.25, 0.3) is 0 Å². The van der Waals surface area contributed by atoms with Gasteiger partial charge in [-0.15, -0.1) is 0 Å². The molecule has 0 spiro atoms. The maximum Gasteiger partial charge on any atom is 0.245 e. The number of Topliss-reactive ketones (excluding diaryl/α,β-unsaturated/α-hetero) is 1. The van der Waals surface area contributed by atoms with Gasteiger partial charge in [-0.05, 0) is 44.7 Å². The van der Waals surface area contributed by atoms with Gasteiger partial charge in [-0.3, -0.25) is 14.4 Å². The van der Waals surface area contributed by atoms with Crippen LogP contribution in [0, 0.1) is 11.8 Å². The summed E-state index contributed by atoms with van der Waals surface area (Å²) in [6.07, 6.45) is 6.76. The van der Waals surface area contributed by atoms with E-state index in [1.165, 1.54) is 39.0 Å². The highest BCUT2D eigenvalue weighted by molar-refractivity contribution is 5.93. The molecule has 1 aliphatic carbocycles. The van der Waals surface area contributed by atoms with Crippen LogP contribution < -0.4 is 22.1 Å². The summed E-state index contributed by atoms with van der Waals surface area (Å²) < 4.78 is 0. The number of carbonyl (C=O) groups excluding carboxylic acids is 3. The van der Waals surface area contributed by atoms with Crippen LogP contribution in [0.3, 0.4) is 0 Å². The van der Waals surface area contributed by atoms with Crippen molar-refractivity contribution in [1.29, 1.82) is 0 Å². The number of aliphatic hydroxyl groups is 1. The third kappa shape index (κ3) is 9.23. The first kappa shape index (κ1) is 25.5. The Kier molecular flexibility index (Phi) is 12.0. The van der Waals surface area contributed by atoms with Gasteiger partial charge in [-0.2, -0.15) is 0 Å². The molecule has 1 saturated carbocycles. The van der Waals surface area contributed by atoms with E-state index in [9.17, 15) is 19.5 Å². The third-order valence-corrected chi connectivity index (χ3v) is 5.79. The minimum absolute atomic E-state index is 0.0578. The van der Waals surface area contributed by atoms with Crippen molar-refractivity contribution in [3.63, 3.8) is 0 Å². The van der Waals surface area contributed by atoms with Crippen molar-refractivity contribution in [2.45, 2.75) is 89.8 Å². The predicted octanol–water partition coefficient (Wildman–Crippen LogP) is 0.600. The van der Waals surface area contributed by atoms with E-state index in [1.807, 2.05) is 0 Å². The van der Waals surface area contributed by atoms with Crippen molar-refractivity contribution in [2.75, 3.05) is 13.1 Å². The molecular formula is C21H40N4O4. The summed E-state index contributed by atoms with van der Waals surface area (Å²) in [5.41, 5.74) is 11.4. The second-order valence-corrected chi connectivity index (χ2v) is 8.29. The number of nitrogens with one attached hydrogen (secondary N) is 2. The molecule has 1 rings (SSSR count). The van der Waals surface area contributed by atoms with E-state index in [-0.39, 0.29) is 37.0 Å². The van der Waals surface area contributed by atoms with Crippen LogP contribution in [0.1, 0.15) is 71.6 Å². The summed E-state index contributed by atoms with van der Waals surface area (Å²) in [6.45, 7) is 3.82. The first-order valence-electron chi connectivity index (χ1n) is 11.0. The normalized spacial score (nSPS) is 19.1. The van der Waals surface area contributed by atoms with E-state index in [0.717, 1.165) is 6.42 Å². The van der Waals surface area contributed by atoms with Crippen molar-refractivity contribution in [3.8, 4) is 0 Å². The highest BCUT2D eigenvalue weighted by atomic mass is 16.3. The van der Waals surface area contributed by atoms with Crippen LogP contribution in [0.2, 0.25) is 0 Å². The molecule has 1 fully saturated rings. The van der Waals surface area contributed by atoms with Crippen molar-refractivity contribution in [2.24, 2.45) is 23.3 Å². The molecule has 0 radical (unpaired) electrons. The Morgan fingerprint density at radius 2 is 1.76 bits per heavy atom. The van der Waals surface area contributed by atoms with Crippen molar-refractivity contribution >= 4 is 17.6 Å².